The largest absolute Gasteiger partial charge is 0.311 e. The molecule has 3 rings (SSSR count). The second kappa shape index (κ2) is 5.91. The van der Waals surface area contributed by atoms with E-state index in [1.807, 2.05) is 0 Å². The van der Waals surface area contributed by atoms with Crippen molar-refractivity contribution in [2.75, 3.05) is 45.5 Å². The maximum Gasteiger partial charge on any atom is 0.211 e. The number of piperazine rings is 1. The molecule has 0 aromatic carbocycles. The van der Waals surface area contributed by atoms with Crippen LogP contribution in [0.3, 0.4) is 0 Å². The van der Waals surface area contributed by atoms with E-state index in [9.17, 15) is 8.42 Å². The molecule has 2 heterocycles. The summed E-state index contributed by atoms with van der Waals surface area (Å²) in [5.74, 6) is 1.41. The summed E-state index contributed by atoms with van der Waals surface area (Å²) < 4.78 is 25.0. The van der Waals surface area contributed by atoms with Crippen LogP contribution in [-0.4, -0.2) is 69.2 Å². The van der Waals surface area contributed by atoms with E-state index in [-0.39, 0.29) is 0 Å². The molecule has 3 aliphatic rings. The minimum absolute atomic E-state index is 0.511. The van der Waals surface area contributed by atoms with Crippen LogP contribution in [0.1, 0.15) is 25.7 Å². The van der Waals surface area contributed by atoms with Gasteiger partial charge in [0.2, 0.25) is 10.0 Å². The molecule has 0 aromatic heterocycles. The van der Waals surface area contributed by atoms with E-state index in [0.717, 1.165) is 45.1 Å². The Balaban J connectivity index is 1.51. The van der Waals surface area contributed by atoms with Crippen LogP contribution in [0, 0.1) is 11.8 Å². The smallest absolute Gasteiger partial charge is 0.211 e. The van der Waals surface area contributed by atoms with Crippen molar-refractivity contribution in [2.24, 2.45) is 11.8 Å². The van der Waals surface area contributed by atoms with E-state index in [2.05, 4.69) is 10.2 Å². The topological polar surface area (TPSA) is 52.7 Å². The van der Waals surface area contributed by atoms with Gasteiger partial charge >= 0.3 is 0 Å². The highest BCUT2D eigenvalue weighted by Crippen LogP contribution is 2.34. The molecule has 2 atom stereocenters. The third-order valence-corrected chi connectivity index (χ3v) is 6.22. The molecule has 2 aliphatic heterocycles. The van der Waals surface area contributed by atoms with Gasteiger partial charge < -0.3 is 10.2 Å². The molecular formula is C14H27N3O2S. The van der Waals surface area contributed by atoms with Gasteiger partial charge in [0.1, 0.15) is 0 Å². The van der Waals surface area contributed by atoms with Crippen LogP contribution < -0.4 is 5.32 Å². The van der Waals surface area contributed by atoms with E-state index in [4.69, 9.17) is 0 Å². The average molecular weight is 301 g/mol. The van der Waals surface area contributed by atoms with Gasteiger partial charge in [0, 0.05) is 45.3 Å². The van der Waals surface area contributed by atoms with Crippen LogP contribution in [0.2, 0.25) is 0 Å². The zero-order valence-electron chi connectivity index (χ0n) is 12.4. The van der Waals surface area contributed by atoms with Crippen molar-refractivity contribution in [2.45, 2.75) is 31.7 Å². The lowest BCUT2D eigenvalue weighted by Gasteiger charge is -2.38. The van der Waals surface area contributed by atoms with E-state index in [1.54, 1.807) is 4.31 Å². The zero-order valence-corrected chi connectivity index (χ0v) is 13.2. The number of rotatable bonds is 4. The molecule has 0 spiro atoms. The normalized spacial score (nSPS) is 34.2. The Labute approximate surface area is 122 Å². The first-order chi connectivity index (χ1) is 9.52. The van der Waals surface area contributed by atoms with Crippen LogP contribution in [-0.2, 0) is 10.0 Å². The molecule has 1 N–H and O–H groups in total. The Morgan fingerprint density at radius 3 is 2.65 bits per heavy atom. The Hall–Kier alpha value is -0.170. The quantitative estimate of drug-likeness (QED) is 0.814. The van der Waals surface area contributed by atoms with Gasteiger partial charge in [-0.1, -0.05) is 0 Å². The van der Waals surface area contributed by atoms with Crippen molar-refractivity contribution in [3.63, 3.8) is 0 Å². The van der Waals surface area contributed by atoms with Gasteiger partial charge in [0.15, 0.2) is 0 Å². The number of sulfonamides is 1. The SMILES string of the molecule is CS(=O)(=O)N1CCCC(CN2CCNC(C3CC3)C2)C1. The standard InChI is InChI=1S/C14H27N3O2S/c1-20(18,19)17-7-2-3-12(10-17)9-16-8-6-15-14(11-16)13-4-5-13/h12-15H,2-11H2,1H3. The molecule has 1 saturated carbocycles. The molecule has 1 aliphatic carbocycles. The Kier molecular flexibility index (Phi) is 4.36. The summed E-state index contributed by atoms with van der Waals surface area (Å²) in [4.78, 5) is 2.55. The first-order valence-corrected chi connectivity index (χ1v) is 9.78. The molecule has 2 saturated heterocycles. The minimum atomic E-state index is -3.01. The highest BCUT2D eigenvalue weighted by molar-refractivity contribution is 7.88. The fourth-order valence-corrected chi connectivity index (χ4v) is 4.61. The molecule has 116 valence electrons. The van der Waals surface area contributed by atoms with E-state index in [0.29, 0.717) is 18.5 Å². The molecule has 6 heteroatoms. The third kappa shape index (κ3) is 3.72. The van der Waals surface area contributed by atoms with Crippen LogP contribution in [0.25, 0.3) is 0 Å². The lowest BCUT2D eigenvalue weighted by atomic mass is 9.98. The summed E-state index contributed by atoms with van der Waals surface area (Å²) in [6, 6.07) is 0.679. The Morgan fingerprint density at radius 1 is 1.15 bits per heavy atom. The molecule has 5 nitrogen and oxygen atoms in total. The third-order valence-electron chi connectivity index (χ3n) is 4.95. The van der Waals surface area contributed by atoms with Gasteiger partial charge in [0.25, 0.3) is 0 Å². The fourth-order valence-electron chi connectivity index (χ4n) is 3.66. The predicted octanol–water partition coefficient (Wildman–Crippen LogP) is 0.342. The first-order valence-electron chi connectivity index (χ1n) is 7.93. The molecule has 2 unspecified atom stereocenters. The van der Waals surface area contributed by atoms with Gasteiger partial charge in [-0.2, -0.15) is 0 Å². The highest BCUT2D eigenvalue weighted by atomic mass is 32.2. The Bertz CT molecular complexity index is 436. The number of piperidine rings is 1. The van der Waals surface area contributed by atoms with E-state index in [1.165, 1.54) is 25.5 Å². The average Bonchev–Trinajstić information content (AvgIpc) is 3.23. The number of nitrogens with zero attached hydrogens (tertiary/aromatic N) is 2. The van der Waals surface area contributed by atoms with Crippen molar-refractivity contribution in [1.82, 2.24) is 14.5 Å². The molecular weight excluding hydrogens is 274 g/mol. The molecule has 0 aromatic rings. The summed E-state index contributed by atoms with van der Waals surface area (Å²) in [7, 11) is -3.01. The van der Waals surface area contributed by atoms with Gasteiger partial charge in [0.05, 0.1) is 6.26 Å². The van der Waals surface area contributed by atoms with Crippen LogP contribution >= 0.6 is 0 Å². The summed E-state index contributed by atoms with van der Waals surface area (Å²) in [6.45, 7) is 5.84. The molecule has 0 amide bonds. The molecule has 20 heavy (non-hydrogen) atoms. The highest BCUT2D eigenvalue weighted by Gasteiger charge is 2.35. The predicted molar refractivity (Wildman–Crippen MR) is 80.1 cm³/mol. The number of nitrogens with one attached hydrogen (secondary N) is 1. The summed E-state index contributed by atoms with van der Waals surface area (Å²) in [5, 5.41) is 3.63. The zero-order chi connectivity index (χ0) is 14.2. The van der Waals surface area contributed by atoms with E-state index >= 15 is 0 Å². The second-order valence-corrected chi connectivity index (χ2v) is 8.77. The van der Waals surface area contributed by atoms with Crippen molar-refractivity contribution in [3.8, 4) is 0 Å². The molecule has 0 radical (unpaired) electrons. The summed E-state index contributed by atoms with van der Waals surface area (Å²) >= 11 is 0. The van der Waals surface area contributed by atoms with Gasteiger partial charge in [-0.05, 0) is 37.5 Å². The monoisotopic (exact) mass is 301 g/mol. The lowest BCUT2D eigenvalue weighted by molar-refractivity contribution is 0.138. The Morgan fingerprint density at radius 2 is 1.95 bits per heavy atom. The number of hydrogen-bond donors (Lipinski definition) is 1. The van der Waals surface area contributed by atoms with Crippen LogP contribution in [0.4, 0.5) is 0 Å². The first kappa shape index (κ1) is 14.8. The van der Waals surface area contributed by atoms with Crippen molar-refractivity contribution in [1.29, 1.82) is 0 Å². The maximum absolute atomic E-state index is 11.7. The van der Waals surface area contributed by atoms with Crippen LogP contribution in [0.15, 0.2) is 0 Å². The maximum atomic E-state index is 11.7. The second-order valence-electron chi connectivity index (χ2n) is 6.79. The number of hydrogen-bond acceptors (Lipinski definition) is 4. The van der Waals surface area contributed by atoms with Gasteiger partial charge in [-0.25, -0.2) is 12.7 Å². The van der Waals surface area contributed by atoms with Gasteiger partial charge in [-0.3, -0.25) is 0 Å². The molecule has 3 fully saturated rings. The minimum Gasteiger partial charge on any atom is -0.311 e. The fraction of sp³-hybridized carbons (Fsp3) is 1.00. The van der Waals surface area contributed by atoms with Gasteiger partial charge in [-0.15, -0.1) is 0 Å². The molecule has 0 bridgehead atoms. The van der Waals surface area contributed by atoms with E-state index < -0.39 is 10.0 Å². The van der Waals surface area contributed by atoms with Crippen molar-refractivity contribution in [3.05, 3.63) is 0 Å². The summed E-state index contributed by atoms with van der Waals surface area (Å²) in [5.41, 5.74) is 0. The lowest BCUT2D eigenvalue weighted by Crippen LogP contribution is -2.53. The van der Waals surface area contributed by atoms with Crippen molar-refractivity contribution < 1.29 is 8.42 Å². The van der Waals surface area contributed by atoms with Crippen molar-refractivity contribution >= 4 is 10.0 Å². The van der Waals surface area contributed by atoms with Crippen LogP contribution in [0.5, 0.6) is 0 Å². The summed E-state index contributed by atoms with van der Waals surface area (Å²) in [6.07, 6.45) is 6.29.